The van der Waals surface area contributed by atoms with Crippen molar-refractivity contribution in [2.24, 2.45) is 17.8 Å². The molecule has 2 aliphatic carbocycles. The van der Waals surface area contributed by atoms with Crippen LogP contribution in [0.15, 0.2) is 24.3 Å². The third kappa shape index (κ3) is 4.90. The number of benzene rings is 1. The Morgan fingerprint density at radius 3 is 2.52 bits per heavy atom. The van der Waals surface area contributed by atoms with Gasteiger partial charge < -0.3 is 14.8 Å². The molecule has 3 atom stereocenters. The van der Waals surface area contributed by atoms with Crippen LogP contribution in [0.3, 0.4) is 0 Å². The molecule has 0 spiro atoms. The number of rotatable bonds is 7. The lowest BCUT2D eigenvalue weighted by Gasteiger charge is -2.20. The summed E-state index contributed by atoms with van der Waals surface area (Å²) < 4.78 is 33.4. The number of alkyl halides is 2. The fraction of sp³-hybridized carbons (Fsp3) is 0.556. The molecule has 25 heavy (non-hydrogen) atoms. The quantitative estimate of drug-likeness (QED) is 0.761. The summed E-state index contributed by atoms with van der Waals surface area (Å²) in [4.78, 5) is 23.7. The van der Waals surface area contributed by atoms with E-state index < -0.39 is 12.5 Å². The Balaban J connectivity index is 1.38. The Kier molecular flexibility index (Phi) is 5.50. The first-order valence-electron chi connectivity index (χ1n) is 8.50. The second-order valence-corrected chi connectivity index (χ2v) is 6.75. The maximum atomic E-state index is 12.1. The Morgan fingerprint density at radius 1 is 1.16 bits per heavy atom. The first-order chi connectivity index (χ1) is 12.0. The number of ether oxygens (including phenoxy) is 2. The Bertz CT molecular complexity index is 620. The van der Waals surface area contributed by atoms with E-state index in [9.17, 15) is 18.4 Å². The molecule has 0 aliphatic heterocycles. The van der Waals surface area contributed by atoms with Crippen LogP contribution < -0.4 is 10.1 Å². The molecule has 1 amide bonds. The fourth-order valence-corrected chi connectivity index (χ4v) is 3.96. The summed E-state index contributed by atoms with van der Waals surface area (Å²) in [5.41, 5.74) is 0.413. The number of fused-ring (bicyclic) bond motifs is 2. The third-order valence-electron chi connectivity index (χ3n) is 5.04. The lowest BCUT2D eigenvalue weighted by Crippen LogP contribution is -2.23. The minimum absolute atomic E-state index is 0.00490. The zero-order chi connectivity index (χ0) is 17.8. The highest BCUT2D eigenvalue weighted by Crippen LogP contribution is 2.49. The Labute approximate surface area is 144 Å². The first kappa shape index (κ1) is 17.6. The molecule has 0 radical (unpaired) electrons. The summed E-state index contributed by atoms with van der Waals surface area (Å²) in [6.07, 6.45) is 5.19. The highest BCUT2D eigenvalue weighted by molar-refractivity contribution is 5.92. The summed E-state index contributed by atoms with van der Waals surface area (Å²) in [5.74, 6) is 1.00. The minimum atomic E-state index is -2.89. The number of halogens is 2. The summed E-state index contributed by atoms with van der Waals surface area (Å²) in [6, 6.07) is 5.52. The fourth-order valence-electron chi connectivity index (χ4n) is 3.96. The van der Waals surface area contributed by atoms with E-state index in [1.165, 1.54) is 43.5 Å². The van der Waals surface area contributed by atoms with Crippen molar-refractivity contribution >= 4 is 17.6 Å². The Morgan fingerprint density at radius 2 is 1.92 bits per heavy atom. The predicted molar refractivity (Wildman–Crippen MR) is 86.2 cm³/mol. The van der Waals surface area contributed by atoms with Gasteiger partial charge in [0.25, 0.3) is 5.91 Å². The van der Waals surface area contributed by atoms with Gasteiger partial charge in [-0.05, 0) is 61.3 Å². The standard InChI is InChI=1S/C18H21F2NO4/c19-18(20)25-15-5-3-14(4-6-15)21-16(22)10-24-17(23)9-13-8-11-1-2-12(13)7-11/h3-6,11-13,18H,1-2,7-10H2,(H,21,22)/t11-,12-,13+/m1/s1. The van der Waals surface area contributed by atoms with E-state index in [2.05, 4.69) is 10.1 Å². The maximum absolute atomic E-state index is 12.1. The van der Waals surface area contributed by atoms with Crippen LogP contribution in [-0.2, 0) is 14.3 Å². The zero-order valence-electron chi connectivity index (χ0n) is 13.8. The lowest BCUT2D eigenvalue weighted by atomic mass is 9.86. The number of esters is 1. The molecule has 0 heterocycles. The number of anilines is 1. The smallest absolute Gasteiger partial charge is 0.387 e. The third-order valence-corrected chi connectivity index (χ3v) is 5.04. The SMILES string of the molecule is O=C(COC(=O)C[C@@H]1C[C@@H]2CC[C@@H]1C2)Nc1ccc(OC(F)F)cc1. The van der Waals surface area contributed by atoms with Gasteiger partial charge in [-0.25, -0.2) is 0 Å². The van der Waals surface area contributed by atoms with Crippen LogP contribution in [0.4, 0.5) is 14.5 Å². The van der Waals surface area contributed by atoms with Gasteiger partial charge >= 0.3 is 12.6 Å². The van der Waals surface area contributed by atoms with Gasteiger partial charge in [-0.3, -0.25) is 9.59 Å². The lowest BCUT2D eigenvalue weighted by molar-refractivity contribution is -0.148. The number of carbonyl (C=O) groups excluding carboxylic acids is 2. The summed E-state index contributed by atoms with van der Waals surface area (Å²) in [5, 5.41) is 2.54. The second kappa shape index (κ2) is 7.80. The molecule has 0 saturated heterocycles. The monoisotopic (exact) mass is 353 g/mol. The van der Waals surface area contributed by atoms with Crippen LogP contribution in [0.5, 0.6) is 5.75 Å². The van der Waals surface area contributed by atoms with E-state index in [1.807, 2.05) is 0 Å². The van der Waals surface area contributed by atoms with Crippen molar-refractivity contribution in [1.82, 2.24) is 0 Å². The predicted octanol–water partition coefficient (Wildman–Crippen LogP) is 3.60. The van der Waals surface area contributed by atoms with Gasteiger partial charge in [-0.2, -0.15) is 8.78 Å². The van der Waals surface area contributed by atoms with Crippen LogP contribution in [0.2, 0.25) is 0 Å². The van der Waals surface area contributed by atoms with Crippen molar-refractivity contribution in [2.75, 3.05) is 11.9 Å². The molecular formula is C18H21F2NO4. The average molecular weight is 353 g/mol. The van der Waals surface area contributed by atoms with Crippen molar-refractivity contribution in [1.29, 1.82) is 0 Å². The van der Waals surface area contributed by atoms with Gasteiger partial charge in [-0.15, -0.1) is 0 Å². The molecule has 1 N–H and O–H groups in total. The number of carbonyl (C=O) groups is 2. The van der Waals surface area contributed by atoms with E-state index in [0.29, 0.717) is 23.9 Å². The van der Waals surface area contributed by atoms with E-state index in [-0.39, 0.29) is 18.3 Å². The Hall–Kier alpha value is -2.18. The van der Waals surface area contributed by atoms with Crippen molar-refractivity contribution in [2.45, 2.75) is 38.7 Å². The largest absolute Gasteiger partial charge is 0.456 e. The first-order valence-corrected chi connectivity index (χ1v) is 8.50. The van der Waals surface area contributed by atoms with Crippen molar-refractivity contribution < 1.29 is 27.8 Å². The zero-order valence-corrected chi connectivity index (χ0v) is 13.8. The summed E-state index contributed by atoms with van der Waals surface area (Å²) >= 11 is 0. The summed E-state index contributed by atoms with van der Waals surface area (Å²) in [7, 11) is 0. The molecular weight excluding hydrogens is 332 g/mol. The highest BCUT2D eigenvalue weighted by Gasteiger charge is 2.40. The van der Waals surface area contributed by atoms with Crippen molar-refractivity contribution in [3.63, 3.8) is 0 Å². The molecule has 1 aromatic rings. The second-order valence-electron chi connectivity index (χ2n) is 6.75. The summed E-state index contributed by atoms with van der Waals surface area (Å²) in [6.45, 7) is -3.25. The number of hydrogen-bond donors (Lipinski definition) is 1. The molecule has 136 valence electrons. The van der Waals surface area contributed by atoms with E-state index in [1.54, 1.807) is 0 Å². The van der Waals surface area contributed by atoms with Gasteiger partial charge in [0.2, 0.25) is 0 Å². The van der Waals surface area contributed by atoms with Gasteiger partial charge in [0.15, 0.2) is 6.61 Å². The van der Waals surface area contributed by atoms with Gasteiger partial charge in [0.1, 0.15) is 5.75 Å². The average Bonchev–Trinajstić information content (AvgIpc) is 3.17. The molecule has 1 aromatic carbocycles. The maximum Gasteiger partial charge on any atom is 0.387 e. The number of amides is 1. The van der Waals surface area contributed by atoms with Crippen molar-refractivity contribution in [3.05, 3.63) is 24.3 Å². The van der Waals surface area contributed by atoms with Gasteiger partial charge in [0, 0.05) is 12.1 Å². The van der Waals surface area contributed by atoms with Crippen LogP contribution in [-0.4, -0.2) is 25.1 Å². The molecule has 2 aliphatic rings. The van der Waals surface area contributed by atoms with Crippen LogP contribution in [0, 0.1) is 17.8 Å². The van der Waals surface area contributed by atoms with E-state index in [0.717, 1.165) is 12.3 Å². The van der Waals surface area contributed by atoms with Crippen molar-refractivity contribution in [3.8, 4) is 5.75 Å². The normalized spacial score (nSPS) is 24.4. The number of hydrogen-bond acceptors (Lipinski definition) is 4. The molecule has 2 bridgehead atoms. The van der Waals surface area contributed by atoms with Crippen LogP contribution in [0.25, 0.3) is 0 Å². The molecule has 0 aromatic heterocycles. The van der Waals surface area contributed by atoms with Gasteiger partial charge in [-0.1, -0.05) is 6.42 Å². The topological polar surface area (TPSA) is 64.6 Å². The molecule has 2 saturated carbocycles. The van der Waals surface area contributed by atoms with E-state index >= 15 is 0 Å². The number of nitrogens with one attached hydrogen (secondary N) is 1. The molecule has 0 unspecified atom stereocenters. The molecule has 2 fully saturated rings. The molecule has 7 heteroatoms. The van der Waals surface area contributed by atoms with Gasteiger partial charge in [0.05, 0.1) is 0 Å². The highest BCUT2D eigenvalue weighted by atomic mass is 19.3. The molecule has 5 nitrogen and oxygen atoms in total. The molecule has 3 rings (SSSR count). The van der Waals surface area contributed by atoms with Crippen LogP contribution in [0.1, 0.15) is 32.1 Å². The van der Waals surface area contributed by atoms with Crippen LogP contribution >= 0.6 is 0 Å². The van der Waals surface area contributed by atoms with E-state index in [4.69, 9.17) is 4.74 Å². The minimum Gasteiger partial charge on any atom is -0.456 e.